The van der Waals surface area contributed by atoms with Gasteiger partial charge in [0.2, 0.25) is 0 Å². The van der Waals surface area contributed by atoms with Crippen molar-refractivity contribution in [2.24, 2.45) is 5.92 Å². The maximum atomic E-state index is 6.54. The summed E-state index contributed by atoms with van der Waals surface area (Å²) in [5, 5.41) is 2.55. The van der Waals surface area contributed by atoms with Crippen LogP contribution in [-0.2, 0) is 16.1 Å². The molecule has 2 nitrogen and oxygen atoms in total. The van der Waals surface area contributed by atoms with Crippen molar-refractivity contribution in [2.75, 3.05) is 0 Å². The van der Waals surface area contributed by atoms with E-state index in [1.54, 1.807) is 0 Å². The molecule has 4 rings (SSSR count). The monoisotopic (exact) mass is 388 g/mol. The van der Waals surface area contributed by atoms with Crippen LogP contribution >= 0.6 is 15.9 Å². The number of fused-ring (bicyclic) bond motifs is 3. The van der Waals surface area contributed by atoms with Gasteiger partial charge in [-0.25, -0.2) is 0 Å². The van der Waals surface area contributed by atoms with Crippen molar-refractivity contribution in [1.82, 2.24) is 0 Å². The smallest absolute Gasteiger partial charge is 0.0936 e. The van der Waals surface area contributed by atoms with E-state index in [0.29, 0.717) is 17.4 Å². The summed E-state index contributed by atoms with van der Waals surface area (Å²) < 4.78 is 12.9. The predicted octanol–water partition coefficient (Wildman–Crippen LogP) is 5.47. The van der Waals surface area contributed by atoms with Crippen LogP contribution in [0.25, 0.3) is 10.8 Å². The first-order valence-electron chi connectivity index (χ1n) is 8.87. The molecule has 0 radical (unpaired) electrons. The fourth-order valence-corrected chi connectivity index (χ4v) is 5.95. The van der Waals surface area contributed by atoms with Gasteiger partial charge < -0.3 is 9.47 Å². The van der Waals surface area contributed by atoms with Crippen molar-refractivity contribution in [3.8, 4) is 0 Å². The van der Waals surface area contributed by atoms with E-state index in [1.165, 1.54) is 16.3 Å². The summed E-state index contributed by atoms with van der Waals surface area (Å²) >= 11 is 3.86. The molecule has 0 spiro atoms. The number of halogens is 1. The van der Waals surface area contributed by atoms with Crippen molar-refractivity contribution < 1.29 is 9.47 Å². The average molecular weight is 389 g/mol. The fourth-order valence-electron chi connectivity index (χ4n) is 4.50. The van der Waals surface area contributed by atoms with E-state index < -0.39 is 0 Å². The molecular formula is C21H25BrO2. The largest absolute Gasteiger partial charge is 0.370 e. The van der Waals surface area contributed by atoms with Crippen molar-refractivity contribution in [3.63, 3.8) is 0 Å². The van der Waals surface area contributed by atoms with Gasteiger partial charge in [0.05, 0.1) is 23.9 Å². The quantitative estimate of drug-likeness (QED) is 0.646. The van der Waals surface area contributed by atoms with Gasteiger partial charge in [0.1, 0.15) is 0 Å². The summed E-state index contributed by atoms with van der Waals surface area (Å²) in [6, 6.07) is 15.0. The van der Waals surface area contributed by atoms with Gasteiger partial charge in [-0.1, -0.05) is 72.2 Å². The number of alkyl halides is 1. The van der Waals surface area contributed by atoms with Crippen LogP contribution in [-0.4, -0.2) is 22.1 Å². The second-order valence-electron chi connectivity index (χ2n) is 7.84. The molecule has 2 saturated heterocycles. The Hall–Kier alpha value is -0.900. The van der Waals surface area contributed by atoms with Crippen LogP contribution in [0.5, 0.6) is 0 Å². The molecule has 0 aromatic heterocycles. The van der Waals surface area contributed by atoms with Gasteiger partial charge in [-0.15, -0.1) is 0 Å². The third kappa shape index (κ3) is 2.44. The molecule has 2 bridgehead atoms. The predicted molar refractivity (Wildman–Crippen MR) is 102 cm³/mol. The Bertz CT molecular complexity index is 753. The highest BCUT2D eigenvalue weighted by molar-refractivity contribution is 9.09. The molecule has 2 heterocycles. The molecule has 0 N–H and O–H groups in total. The minimum absolute atomic E-state index is 0.0851. The lowest BCUT2D eigenvalue weighted by Gasteiger charge is -2.35. The molecule has 2 fully saturated rings. The molecule has 0 unspecified atom stereocenters. The van der Waals surface area contributed by atoms with Crippen LogP contribution in [0.2, 0.25) is 0 Å². The highest BCUT2D eigenvalue weighted by Gasteiger charge is 2.65. The van der Waals surface area contributed by atoms with E-state index >= 15 is 0 Å². The average Bonchev–Trinajstić information content (AvgIpc) is 3.00. The third-order valence-electron chi connectivity index (χ3n) is 6.02. The zero-order valence-electron chi connectivity index (χ0n) is 14.6. The molecule has 128 valence electrons. The molecule has 2 aliphatic heterocycles. The third-order valence-corrected chi connectivity index (χ3v) is 7.12. The SMILES string of the molecule is CC(C)[C@]12C[C@@H](OCc3cccc4ccccc34)[C@](C)(C[C@@H]1Br)O2. The summed E-state index contributed by atoms with van der Waals surface area (Å²) in [7, 11) is 0. The Morgan fingerprint density at radius 1 is 1.17 bits per heavy atom. The van der Waals surface area contributed by atoms with Crippen LogP contribution < -0.4 is 0 Å². The summed E-state index contributed by atoms with van der Waals surface area (Å²) in [6.07, 6.45) is 2.15. The minimum Gasteiger partial charge on any atom is -0.370 e. The number of hydrogen-bond donors (Lipinski definition) is 0. The first kappa shape index (κ1) is 16.6. The minimum atomic E-state index is -0.178. The van der Waals surface area contributed by atoms with Crippen molar-refractivity contribution in [3.05, 3.63) is 48.0 Å². The lowest BCUT2D eigenvalue weighted by atomic mass is 9.75. The molecule has 0 aliphatic carbocycles. The van der Waals surface area contributed by atoms with E-state index in [0.717, 1.165) is 12.8 Å². The van der Waals surface area contributed by atoms with Crippen molar-refractivity contribution in [2.45, 2.75) is 62.4 Å². The highest BCUT2D eigenvalue weighted by Crippen LogP contribution is 2.57. The lowest BCUT2D eigenvalue weighted by Crippen LogP contribution is -2.44. The molecule has 2 aromatic carbocycles. The molecule has 0 amide bonds. The van der Waals surface area contributed by atoms with Crippen LogP contribution in [0.1, 0.15) is 39.2 Å². The highest BCUT2D eigenvalue weighted by atomic mass is 79.9. The standard InChI is InChI=1S/C21H25BrO2/c1-14(2)21-12-19(20(3,24-21)11-18(21)22)23-13-16-9-6-8-15-7-4-5-10-17(15)16/h4-10,14,18-19H,11-13H2,1-3H3/t18-,19+,20-,21+/m0/s1. The summed E-state index contributed by atoms with van der Waals surface area (Å²) in [4.78, 5) is 0.424. The topological polar surface area (TPSA) is 18.5 Å². The number of hydrogen-bond acceptors (Lipinski definition) is 2. The number of benzene rings is 2. The van der Waals surface area contributed by atoms with Gasteiger partial charge in [0.25, 0.3) is 0 Å². The van der Waals surface area contributed by atoms with E-state index in [9.17, 15) is 0 Å². The Labute approximate surface area is 152 Å². The van der Waals surface area contributed by atoms with Crippen molar-refractivity contribution >= 4 is 26.7 Å². The fraction of sp³-hybridized carbons (Fsp3) is 0.524. The summed E-state index contributed by atoms with van der Waals surface area (Å²) in [6.45, 7) is 7.37. The Morgan fingerprint density at radius 2 is 1.92 bits per heavy atom. The van der Waals surface area contributed by atoms with E-state index in [1.807, 2.05) is 0 Å². The van der Waals surface area contributed by atoms with Crippen molar-refractivity contribution in [1.29, 1.82) is 0 Å². The lowest BCUT2D eigenvalue weighted by molar-refractivity contribution is -0.0954. The maximum Gasteiger partial charge on any atom is 0.0936 e. The van der Waals surface area contributed by atoms with Crippen LogP contribution in [0.3, 0.4) is 0 Å². The molecule has 0 saturated carbocycles. The number of ether oxygens (including phenoxy) is 2. The van der Waals surface area contributed by atoms with Gasteiger partial charge in [0.15, 0.2) is 0 Å². The molecule has 4 atom stereocenters. The van der Waals surface area contributed by atoms with E-state index in [4.69, 9.17) is 9.47 Å². The second kappa shape index (κ2) is 5.82. The van der Waals surface area contributed by atoms with Crippen LogP contribution in [0, 0.1) is 5.92 Å². The molecule has 24 heavy (non-hydrogen) atoms. The van der Waals surface area contributed by atoms with Gasteiger partial charge in [-0.05, 0) is 35.6 Å². The van der Waals surface area contributed by atoms with Gasteiger partial charge in [0, 0.05) is 11.2 Å². The van der Waals surface area contributed by atoms with Crippen LogP contribution in [0.15, 0.2) is 42.5 Å². The molecule has 3 heteroatoms. The van der Waals surface area contributed by atoms with Crippen LogP contribution in [0.4, 0.5) is 0 Å². The Morgan fingerprint density at radius 3 is 2.67 bits per heavy atom. The maximum absolute atomic E-state index is 6.54. The van der Waals surface area contributed by atoms with E-state index in [2.05, 4.69) is 79.2 Å². The second-order valence-corrected chi connectivity index (χ2v) is 8.94. The first-order chi connectivity index (χ1) is 11.4. The summed E-state index contributed by atoms with van der Waals surface area (Å²) in [5.41, 5.74) is 0.995. The Balaban J connectivity index is 1.55. The van der Waals surface area contributed by atoms with Gasteiger partial charge >= 0.3 is 0 Å². The zero-order chi connectivity index (χ0) is 16.9. The number of rotatable bonds is 4. The summed E-state index contributed by atoms with van der Waals surface area (Å²) in [5.74, 6) is 0.481. The normalized spacial score (nSPS) is 35.2. The van der Waals surface area contributed by atoms with Gasteiger partial charge in [-0.2, -0.15) is 0 Å². The zero-order valence-corrected chi connectivity index (χ0v) is 16.2. The molecular weight excluding hydrogens is 364 g/mol. The Kier molecular flexibility index (Phi) is 4.02. The van der Waals surface area contributed by atoms with E-state index in [-0.39, 0.29) is 17.3 Å². The van der Waals surface area contributed by atoms with Gasteiger partial charge in [-0.3, -0.25) is 0 Å². The molecule has 2 aromatic rings. The first-order valence-corrected chi connectivity index (χ1v) is 9.79. The molecule has 2 aliphatic rings.